The van der Waals surface area contributed by atoms with Gasteiger partial charge in [0.1, 0.15) is 12.4 Å². The molecule has 0 aliphatic carbocycles. The monoisotopic (exact) mass is 295 g/mol. The van der Waals surface area contributed by atoms with Gasteiger partial charge in [0.15, 0.2) is 5.75 Å². The minimum absolute atomic E-state index is 0.0197. The zero-order chi connectivity index (χ0) is 14.5. The Morgan fingerprint density at radius 2 is 2.10 bits per heavy atom. The molecular formula is C15H15ClFNO2. The molecule has 0 atom stereocenters. The van der Waals surface area contributed by atoms with Crippen LogP contribution in [0.5, 0.6) is 5.75 Å². The maximum Gasteiger partial charge on any atom is 0.223 e. The molecule has 0 unspecified atom stereocenters. The van der Waals surface area contributed by atoms with Crippen molar-refractivity contribution in [1.29, 1.82) is 0 Å². The number of hydrogen-bond acceptors (Lipinski definition) is 2. The first-order valence-corrected chi connectivity index (χ1v) is 6.84. The van der Waals surface area contributed by atoms with Gasteiger partial charge in [0.05, 0.1) is 12.1 Å². The van der Waals surface area contributed by atoms with E-state index in [1.807, 2.05) is 11.5 Å². The molecule has 2 rings (SSSR count). The van der Waals surface area contributed by atoms with E-state index in [1.165, 1.54) is 12.1 Å². The summed E-state index contributed by atoms with van der Waals surface area (Å²) < 4.78 is 20.7. The topological polar surface area (TPSA) is 31.2 Å². The highest BCUT2D eigenvalue weighted by atomic mass is 35.5. The van der Waals surface area contributed by atoms with E-state index < -0.39 is 0 Å². The normalized spacial score (nSPS) is 10.6. The van der Waals surface area contributed by atoms with Crippen LogP contribution in [0.25, 0.3) is 0 Å². The summed E-state index contributed by atoms with van der Waals surface area (Å²) in [7, 11) is 0. The zero-order valence-electron chi connectivity index (χ0n) is 11.1. The largest absolute Gasteiger partial charge is 0.483 e. The van der Waals surface area contributed by atoms with Crippen molar-refractivity contribution < 1.29 is 9.13 Å². The van der Waals surface area contributed by atoms with Crippen molar-refractivity contribution in [3.8, 4) is 5.75 Å². The van der Waals surface area contributed by atoms with Crippen LogP contribution in [-0.4, -0.2) is 4.57 Å². The highest BCUT2D eigenvalue weighted by Gasteiger charge is 2.08. The Hall–Kier alpha value is -1.81. The Labute approximate surface area is 121 Å². The number of aryl methyl sites for hydroxylation is 1. The Morgan fingerprint density at radius 3 is 2.75 bits per heavy atom. The molecule has 0 radical (unpaired) electrons. The lowest BCUT2D eigenvalue weighted by Gasteiger charge is -2.12. The maximum atomic E-state index is 13.5. The van der Waals surface area contributed by atoms with Crippen LogP contribution in [-0.2, 0) is 19.0 Å². The standard InChI is InChI=1S/C15H15ClFNO2/c1-2-18-9-15(14(19)7-12(18)8-16)20-10-11-5-3-4-6-13(11)17/h3-7,9H,2,8,10H2,1H3. The summed E-state index contributed by atoms with van der Waals surface area (Å²) in [5.41, 5.74) is 0.899. The molecule has 3 nitrogen and oxygen atoms in total. The molecule has 5 heteroatoms. The second-order valence-corrected chi connectivity index (χ2v) is 4.56. The van der Waals surface area contributed by atoms with Crippen molar-refractivity contribution in [1.82, 2.24) is 4.57 Å². The Bertz CT molecular complexity index is 655. The van der Waals surface area contributed by atoms with Gasteiger partial charge >= 0.3 is 0 Å². The third-order valence-corrected chi connectivity index (χ3v) is 3.28. The highest BCUT2D eigenvalue weighted by Crippen LogP contribution is 2.13. The van der Waals surface area contributed by atoms with Crippen LogP contribution in [0, 0.1) is 5.82 Å². The van der Waals surface area contributed by atoms with Crippen LogP contribution in [0.1, 0.15) is 18.2 Å². The fraction of sp³-hybridized carbons (Fsp3) is 0.267. The molecular weight excluding hydrogens is 281 g/mol. The molecule has 0 saturated carbocycles. The lowest BCUT2D eigenvalue weighted by atomic mass is 10.2. The van der Waals surface area contributed by atoms with E-state index in [0.29, 0.717) is 12.1 Å². The number of benzene rings is 1. The van der Waals surface area contributed by atoms with Gasteiger partial charge in [0.25, 0.3) is 0 Å². The van der Waals surface area contributed by atoms with Crippen LogP contribution in [0.2, 0.25) is 0 Å². The Kier molecular flexibility index (Phi) is 4.79. The number of ether oxygens (including phenoxy) is 1. The zero-order valence-corrected chi connectivity index (χ0v) is 11.9. The van der Waals surface area contributed by atoms with Crippen LogP contribution < -0.4 is 10.2 Å². The van der Waals surface area contributed by atoms with Crippen molar-refractivity contribution in [2.75, 3.05) is 0 Å². The summed E-state index contributed by atoms with van der Waals surface area (Å²) >= 11 is 5.78. The van der Waals surface area contributed by atoms with E-state index in [4.69, 9.17) is 16.3 Å². The molecule has 0 aliphatic rings. The van der Waals surface area contributed by atoms with E-state index in [-0.39, 0.29) is 29.5 Å². The molecule has 0 bridgehead atoms. The van der Waals surface area contributed by atoms with E-state index in [9.17, 15) is 9.18 Å². The summed E-state index contributed by atoms with van der Waals surface area (Å²) in [4.78, 5) is 11.9. The number of pyridine rings is 1. The lowest BCUT2D eigenvalue weighted by Crippen LogP contribution is -2.14. The smallest absolute Gasteiger partial charge is 0.223 e. The molecule has 0 aliphatic heterocycles. The summed E-state index contributed by atoms with van der Waals surface area (Å²) in [6.45, 7) is 2.64. The lowest BCUT2D eigenvalue weighted by molar-refractivity contribution is 0.294. The second kappa shape index (κ2) is 6.57. The first kappa shape index (κ1) is 14.6. The average molecular weight is 296 g/mol. The SMILES string of the molecule is CCn1cc(OCc2ccccc2F)c(=O)cc1CCl. The predicted molar refractivity (Wildman–Crippen MR) is 76.7 cm³/mol. The Morgan fingerprint density at radius 1 is 1.35 bits per heavy atom. The molecule has 0 fully saturated rings. The summed E-state index contributed by atoms with van der Waals surface area (Å²) in [5.74, 6) is 0.112. The van der Waals surface area contributed by atoms with Crippen molar-refractivity contribution in [3.05, 3.63) is 63.8 Å². The third-order valence-electron chi connectivity index (χ3n) is 3.00. The van der Waals surface area contributed by atoms with Crippen LogP contribution >= 0.6 is 11.6 Å². The molecule has 0 spiro atoms. The van der Waals surface area contributed by atoms with Crippen LogP contribution in [0.15, 0.2) is 41.3 Å². The second-order valence-electron chi connectivity index (χ2n) is 4.29. The van der Waals surface area contributed by atoms with Gasteiger partial charge in [-0.15, -0.1) is 11.6 Å². The first-order chi connectivity index (χ1) is 9.65. The number of alkyl halides is 1. The highest BCUT2D eigenvalue weighted by molar-refractivity contribution is 6.16. The average Bonchev–Trinajstić information content (AvgIpc) is 2.47. The number of halogens is 2. The minimum Gasteiger partial charge on any atom is -0.483 e. The van der Waals surface area contributed by atoms with E-state index >= 15 is 0 Å². The van der Waals surface area contributed by atoms with Gasteiger partial charge in [-0.1, -0.05) is 18.2 Å². The third kappa shape index (κ3) is 3.20. The van der Waals surface area contributed by atoms with Gasteiger partial charge in [0.2, 0.25) is 5.43 Å². The van der Waals surface area contributed by atoms with Crippen molar-refractivity contribution in [3.63, 3.8) is 0 Å². The molecule has 0 amide bonds. The molecule has 106 valence electrons. The minimum atomic E-state index is -0.347. The molecule has 2 aromatic rings. The predicted octanol–water partition coefficient (Wildman–Crippen LogP) is 3.33. The van der Waals surface area contributed by atoms with Gasteiger partial charge < -0.3 is 9.30 Å². The van der Waals surface area contributed by atoms with E-state index in [2.05, 4.69) is 0 Å². The van der Waals surface area contributed by atoms with E-state index in [0.717, 1.165) is 5.69 Å². The summed E-state index contributed by atoms with van der Waals surface area (Å²) in [6, 6.07) is 7.77. The van der Waals surface area contributed by atoms with Gasteiger partial charge in [-0.05, 0) is 13.0 Å². The molecule has 20 heavy (non-hydrogen) atoms. The van der Waals surface area contributed by atoms with Gasteiger partial charge in [-0.2, -0.15) is 0 Å². The van der Waals surface area contributed by atoms with Crippen molar-refractivity contribution >= 4 is 11.6 Å². The summed E-state index contributed by atoms with van der Waals surface area (Å²) in [6.07, 6.45) is 1.61. The van der Waals surface area contributed by atoms with E-state index in [1.54, 1.807) is 24.4 Å². The molecule has 1 heterocycles. The van der Waals surface area contributed by atoms with Crippen LogP contribution in [0.4, 0.5) is 4.39 Å². The molecule has 0 N–H and O–H groups in total. The number of rotatable bonds is 5. The van der Waals surface area contributed by atoms with Crippen molar-refractivity contribution in [2.24, 2.45) is 0 Å². The fourth-order valence-corrected chi connectivity index (χ4v) is 2.11. The maximum absolute atomic E-state index is 13.5. The molecule has 1 aromatic heterocycles. The number of hydrogen-bond donors (Lipinski definition) is 0. The number of nitrogens with zero attached hydrogens (tertiary/aromatic N) is 1. The Balaban J connectivity index is 2.22. The fourth-order valence-electron chi connectivity index (χ4n) is 1.88. The van der Waals surface area contributed by atoms with Crippen molar-refractivity contribution in [2.45, 2.75) is 26.0 Å². The van der Waals surface area contributed by atoms with Crippen LogP contribution in [0.3, 0.4) is 0 Å². The molecule has 0 saturated heterocycles. The quantitative estimate of drug-likeness (QED) is 0.792. The van der Waals surface area contributed by atoms with Gasteiger partial charge in [-0.3, -0.25) is 4.79 Å². The van der Waals surface area contributed by atoms with Gasteiger partial charge in [-0.25, -0.2) is 4.39 Å². The first-order valence-electron chi connectivity index (χ1n) is 6.31. The van der Waals surface area contributed by atoms with Gasteiger partial charge in [0, 0.05) is 23.9 Å². The summed E-state index contributed by atoms with van der Waals surface area (Å²) in [5, 5.41) is 0. The molecule has 1 aromatic carbocycles. The number of aromatic nitrogens is 1.